The molecule has 4 N–H and O–H groups in total. The number of aliphatic hydroxyl groups is 4. The molecule has 0 radical (unpaired) electrons. The Bertz CT molecular complexity index is 1390. The molecule has 0 aromatic heterocycles. The highest BCUT2D eigenvalue weighted by atomic mass is 16.4. The summed E-state index contributed by atoms with van der Waals surface area (Å²) >= 11 is 0. The monoisotopic (exact) mass is 512 g/mol. The highest BCUT2D eigenvalue weighted by Gasteiger charge is 2.75. The Morgan fingerprint density at radius 3 is 1.34 bits per heavy atom. The van der Waals surface area contributed by atoms with E-state index >= 15 is 0 Å². The topological polar surface area (TPSA) is 149 Å². The molecule has 1 aliphatic rings. The van der Waals surface area contributed by atoms with Gasteiger partial charge in [0.25, 0.3) is 0 Å². The average molecular weight is 513 g/mol. The van der Waals surface area contributed by atoms with Gasteiger partial charge in [0.2, 0.25) is 0 Å². The maximum Gasteiger partial charge on any atom is 0.199 e. The van der Waals surface area contributed by atoms with Crippen LogP contribution in [0.2, 0.25) is 0 Å². The van der Waals surface area contributed by atoms with E-state index in [0.717, 1.165) is 0 Å². The van der Waals surface area contributed by atoms with Crippen LogP contribution in [-0.2, 0) is 19.2 Å². The van der Waals surface area contributed by atoms with Crippen molar-refractivity contribution in [3.05, 3.63) is 119 Å². The van der Waals surface area contributed by atoms with Gasteiger partial charge >= 0.3 is 0 Å². The summed E-state index contributed by atoms with van der Waals surface area (Å²) in [5, 5.41) is 46.5. The van der Waals surface area contributed by atoms with Crippen molar-refractivity contribution in [3.63, 3.8) is 0 Å². The third-order valence-corrected chi connectivity index (χ3v) is 7.00. The Balaban J connectivity index is 2.30. The van der Waals surface area contributed by atoms with E-state index in [0.29, 0.717) is 17.2 Å². The number of rotatable bonds is 8. The van der Waals surface area contributed by atoms with E-state index in [1.165, 1.54) is 0 Å². The minimum Gasteiger partial charge on any atom is -0.377 e. The summed E-state index contributed by atoms with van der Waals surface area (Å²) in [5.41, 5.74) is -13.2. The molecule has 0 heterocycles. The maximum atomic E-state index is 12.6. The van der Waals surface area contributed by atoms with Crippen molar-refractivity contribution < 1.29 is 39.6 Å². The van der Waals surface area contributed by atoms with Crippen LogP contribution in [0.3, 0.4) is 0 Å². The fourth-order valence-electron chi connectivity index (χ4n) is 4.97. The second-order valence-electron chi connectivity index (χ2n) is 8.98. The van der Waals surface area contributed by atoms with Gasteiger partial charge in [-0.15, -0.1) is 0 Å². The van der Waals surface area contributed by atoms with E-state index in [1.54, 1.807) is 91.0 Å². The first-order valence-electron chi connectivity index (χ1n) is 11.6. The molecule has 0 spiro atoms. The van der Waals surface area contributed by atoms with Crippen molar-refractivity contribution in [1.82, 2.24) is 0 Å². The van der Waals surface area contributed by atoms with Gasteiger partial charge in [0.1, 0.15) is 11.9 Å². The normalized spacial score (nSPS) is 28.5. The van der Waals surface area contributed by atoms with Gasteiger partial charge in [-0.2, -0.15) is 0 Å². The zero-order chi connectivity index (χ0) is 27.6. The lowest BCUT2D eigenvalue weighted by Crippen LogP contribution is -2.80. The van der Waals surface area contributed by atoms with Gasteiger partial charge in [0, 0.05) is 11.1 Å². The van der Waals surface area contributed by atoms with Crippen LogP contribution < -0.4 is 0 Å². The van der Waals surface area contributed by atoms with E-state index in [9.17, 15) is 39.6 Å². The predicted molar refractivity (Wildman–Crippen MR) is 137 cm³/mol. The fourth-order valence-corrected chi connectivity index (χ4v) is 4.97. The largest absolute Gasteiger partial charge is 0.377 e. The van der Waals surface area contributed by atoms with E-state index in [2.05, 4.69) is 0 Å². The second-order valence-corrected chi connectivity index (χ2v) is 8.98. The highest BCUT2D eigenvalue weighted by molar-refractivity contribution is 6.07. The van der Waals surface area contributed by atoms with Gasteiger partial charge in [-0.3, -0.25) is 19.2 Å². The first-order valence-corrected chi connectivity index (χ1v) is 11.6. The van der Waals surface area contributed by atoms with Gasteiger partial charge in [-0.05, 0) is 28.3 Å². The molecule has 0 aliphatic heterocycles. The number of aldehydes is 4. The lowest BCUT2D eigenvalue weighted by atomic mass is 9.55. The Morgan fingerprint density at radius 2 is 0.974 bits per heavy atom. The molecule has 8 heteroatoms. The molecule has 3 aromatic carbocycles. The van der Waals surface area contributed by atoms with Crippen LogP contribution in [0.1, 0.15) is 16.7 Å². The van der Waals surface area contributed by atoms with Gasteiger partial charge in [0.15, 0.2) is 35.7 Å². The Kier molecular flexibility index (Phi) is 6.92. The van der Waals surface area contributed by atoms with Gasteiger partial charge in [0.05, 0.1) is 0 Å². The smallest absolute Gasteiger partial charge is 0.199 e. The highest BCUT2D eigenvalue weighted by Crippen LogP contribution is 2.53. The molecule has 4 rings (SSSR count). The Labute approximate surface area is 217 Å². The molecule has 192 valence electrons. The molecular formula is C30H24O8. The molecule has 3 aromatic rings. The summed E-state index contributed by atoms with van der Waals surface area (Å²) in [7, 11) is 0. The molecular weight excluding hydrogens is 488 g/mol. The van der Waals surface area contributed by atoms with E-state index < -0.39 is 34.3 Å². The summed E-state index contributed by atoms with van der Waals surface area (Å²) in [6.07, 6.45) is -0.480. The van der Waals surface area contributed by atoms with Crippen LogP contribution >= 0.6 is 0 Å². The van der Waals surface area contributed by atoms with Gasteiger partial charge < -0.3 is 20.4 Å². The van der Waals surface area contributed by atoms with Gasteiger partial charge in [-0.25, -0.2) is 0 Å². The van der Waals surface area contributed by atoms with Crippen LogP contribution in [0.5, 0.6) is 0 Å². The first-order chi connectivity index (χ1) is 18.2. The lowest BCUT2D eigenvalue weighted by Gasteiger charge is -2.54. The average Bonchev–Trinajstić information content (AvgIpc) is 2.97. The van der Waals surface area contributed by atoms with Gasteiger partial charge in [-0.1, -0.05) is 91.0 Å². The maximum absolute atomic E-state index is 12.6. The standard InChI is InChI=1S/C30H24O8/c31-17-24-16-27(35,29(37,19-33)30(38,20-34)28(24,36)18-32)26(23-14-8-3-9-15-23)25(21-10-4-1-5-11-21)22-12-6-2-7-13-22/h1-20,35-38H. The molecule has 4 unspecified atom stereocenters. The molecule has 38 heavy (non-hydrogen) atoms. The van der Waals surface area contributed by atoms with E-state index in [1.807, 2.05) is 0 Å². The van der Waals surface area contributed by atoms with Crippen molar-refractivity contribution in [2.45, 2.75) is 22.4 Å². The first kappa shape index (κ1) is 26.7. The molecule has 4 atom stereocenters. The third kappa shape index (κ3) is 3.62. The van der Waals surface area contributed by atoms with Crippen LogP contribution in [-0.4, -0.2) is 68.0 Å². The summed E-state index contributed by atoms with van der Waals surface area (Å²) in [6.45, 7) is 0. The van der Waals surface area contributed by atoms with Crippen molar-refractivity contribution in [2.24, 2.45) is 0 Å². The number of carbonyl (C=O) groups is 4. The van der Waals surface area contributed by atoms with E-state index in [4.69, 9.17) is 0 Å². The Hall–Kier alpha value is -4.34. The third-order valence-electron chi connectivity index (χ3n) is 7.00. The zero-order valence-corrected chi connectivity index (χ0v) is 20.0. The molecule has 0 saturated carbocycles. The molecule has 0 bridgehead atoms. The predicted octanol–water partition coefficient (Wildman–Crippen LogP) is 1.31. The van der Waals surface area contributed by atoms with E-state index in [-0.39, 0.29) is 35.6 Å². The SMILES string of the molecule is O=CC1=CC(O)(C(=C(c2ccccc2)c2ccccc2)c2ccccc2)C(O)(C=O)C(O)(C=O)C1(O)C=O. The van der Waals surface area contributed by atoms with Crippen molar-refractivity contribution in [1.29, 1.82) is 0 Å². The number of carbonyl (C=O) groups excluding carboxylic acids is 4. The summed E-state index contributed by atoms with van der Waals surface area (Å²) in [6, 6.07) is 25.2. The fraction of sp³-hybridized carbons (Fsp3) is 0.133. The van der Waals surface area contributed by atoms with Crippen LogP contribution in [0.15, 0.2) is 103 Å². The molecule has 0 fully saturated rings. The summed E-state index contributed by atoms with van der Waals surface area (Å²) < 4.78 is 0. The molecule has 0 amide bonds. The van der Waals surface area contributed by atoms with Crippen molar-refractivity contribution in [2.75, 3.05) is 0 Å². The minimum atomic E-state index is -3.66. The van der Waals surface area contributed by atoms with Crippen molar-refractivity contribution >= 4 is 36.3 Å². The molecule has 0 saturated heterocycles. The van der Waals surface area contributed by atoms with Crippen LogP contribution in [0, 0.1) is 0 Å². The second kappa shape index (κ2) is 9.85. The number of benzene rings is 3. The van der Waals surface area contributed by atoms with Crippen molar-refractivity contribution in [3.8, 4) is 0 Å². The zero-order valence-electron chi connectivity index (χ0n) is 20.0. The summed E-state index contributed by atoms with van der Waals surface area (Å²) in [5.74, 6) is 0. The number of hydrogen-bond donors (Lipinski definition) is 4. The van der Waals surface area contributed by atoms with Crippen LogP contribution in [0.25, 0.3) is 11.1 Å². The minimum absolute atomic E-state index is 0.0362. The summed E-state index contributed by atoms with van der Waals surface area (Å²) in [4.78, 5) is 48.9. The molecule has 1 aliphatic carbocycles. The number of hydrogen-bond acceptors (Lipinski definition) is 8. The lowest BCUT2D eigenvalue weighted by molar-refractivity contribution is -0.239. The Morgan fingerprint density at radius 1 is 0.553 bits per heavy atom. The quantitative estimate of drug-likeness (QED) is 0.261. The van der Waals surface area contributed by atoms with Crippen LogP contribution in [0.4, 0.5) is 0 Å². The molecule has 8 nitrogen and oxygen atoms in total.